The molecule has 0 aliphatic heterocycles. The average molecular weight is 751 g/mol. The van der Waals surface area contributed by atoms with E-state index in [1.165, 1.54) is 141 Å². The normalized spacial score (nSPS) is 13.1. The minimum Gasteiger partial charge on any atom is -0.462 e. The van der Waals surface area contributed by atoms with Crippen molar-refractivity contribution in [1.29, 1.82) is 0 Å². The standard InChI is InChI=1S/C47H90O6/c1-6-9-10-11-12-13-14-15-16-17-21-27-32-37-45(48)51-40-44(53-47(50)39-34-29-24-23-26-31-36-43(5)8-3)41-52-46(49)38-33-28-22-19-18-20-25-30-35-42(4)7-2/h42-44H,6-41H2,1-5H3/t42?,43?,44-/m1/s1. The molecule has 0 aromatic carbocycles. The second-order valence-electron chi connectivity index (χ2n) is 16.5. The number of unbranched alkanes of at least 4 members (excludes halogenated alkanes) is 24. The van der Waals surface area contributed by atoms with Crippen LogP contribution in [0.5, 0.6) is 0 Å². The Hall–Kier alpha value is -1.59. The summed E-state index contributed by atoms with van der Waals surface area (Å²) >= 11 is 0. The fourth-order valence-electron chi connectivity index (χ4n) is 6.86. The first kappa shape index (κ1) is 51.4. The van der Waals surface area contributed by atoms with E-state index in [1.807, 2.05) is 0 Å². The van der Waals surface area contributed by atoms with Gasteiger partial charge in [0.25, 0.3) is 0 Å². The molecule has 53 heavy (non-hydrogen) atoms. The number of hydrogen-bond donors (Lipinski definition) is 0. The predicted octanol–water partition coefficient (Wildman–Crippen LogP) is 14.6. The summed E-state index contributed by atoms with van der Waals surface area (Å²) in [6.45, 7) is 11.3. The van der Waals surface area contributed by atoms with Gasteiger partial charge >= 0.3 is 17.9 Å². The van der Waals surface area contributed by atoms with Crippen molar-refractivity contribution in [1.82, 2.24) is 0 Å². The van der Waals surface area contributed by atoms with Gasteiger partial charge in [-0.3, -0.25) is 14.4 Å². The molecule has 2 unspecified atom stereocenters. The van der Waals surface area contributed by atoms with E-state index in [0.717, 1.165) is 69.6 Å². The minimum atomic E-state index is -0.761. The highest BCUT2D eigenvalue weighted by molar-refractivity contribution is 5.71. The summed E-state index contributed by atoms with van der Waals surface area (Å²) in [6.07, 6.45) is 37.9. The Morgan fingerprint density at radius 2 is 0.660 bits per heavy atom. The van der Waals surface area contributed by atoms with Crippen LogP contribution in [0, 0.1) is 11.8 Å². The lowest BCUT2D eigenvalue weighted by Gasteiger charge is -2.18. The fourth-order valence-corrected chi connectivity index (χ4v) is 6.86. The lowest BCUT2D eigenvalue weighted by atomic mass is 9.99. The molecule has 0 fully saturated rings. The van der Waals surface area contributed by atoms with Crippen LogP contribution in [-0.2, 0) is 28.6 Å². The van der Waals surface area contributed by atoms with E-state index in [9.17, 15) is 14.4 Å². The summed E-state index contributed by atoms with van der Waals surface area (Å²) in [4.78, 5) is 37.7. The Bertz CT molecular complexity index is 813. The smallest absolute Gasteiger partial charge is 0.306 e. The Morgan fingerprint density at radius 1 is 0.377 bits per heavy atom. The van der Waals surface area contributed by atoms with Gasteiger partial charge in [0.05, 0.1) is 0 Å². The lowest BCUT2D eigenvalue weighted by molar-refractivity contribution is -0.167. The van der Waals surface area contributed by atoms with Gasteiger partial charge in [0.1, 0.15) is 13.2 Å². The molecule has 0 rings (SSSR count). The first-order valence-electron chi connectivity index (χ1n) is 23.3. The van der Waals surface area contributed by atoms with Gasteiger partial charge in [-0.1, -0.05) is 214 Å². The van der Waals surface area contributed by atoms with E-state index in [-0.39, 0.29) is 31.1 Å². The van der Waals surface area contributed by atoms with Gasteiger partial charge in [-0.05, 0) is 31.1 Å². The van der Waals surface area contributed by atoms with Gasteiger partial charge in [-0.25, -0.2) is 0 Å². The van der Waals surface area contributed by atoms with E-state index in [2.05, 4.69) is 34.6 Å². The Balaban J connectivity index is 4.34. The van der Waals surface area contributed by atoms with E-state index >= 15 is 0 Å². The number of ether oxygens (including phenoxy) is 3. The maximum absolute atomic E-state index is 12.7. The van der Waals surface area contributed by atoms with E-state index in [1.54, 1.807) is 0 Å². The van der Waals surface area contributed by atoms with E-state index in [0.29, 0.717) is 19.3 Å². The van der Waals surface area contributed by atoms with Crippen LogP contribution in [0.4, 0.5) is 0 Å². The highest BCUT2D eigenvalue weighted by Crippen LogP contribution is 2.17. The molecule has 0 aromatic heterocycles. The van der Waals surface area contributed by atoms with Gasteiger partial charge in [-0.2, -0.15) is 0 Å². The van der Waals surface area contributed by atoms with Crippen LogP contribution >= 0.6 is 0 Å². The summed E-state index contributed by atoms with van der Waals surface area (Å²) in [5, 5.41) is 0. The lowest BCUT2D eigenvalue weighted by Crippen LogP contribution is -2.30. The summed E-state index contributed by atoms with van der Waals surface area (Å²) in [5.74, 6) is 0.797. The molecule has 0 radical (unpaired) electrons. The molecule has 0 saturated carbocycles. The molecule has 0 bridgehead atoms. The van der Waals surface area contributed by atoms with Gasteiger partial charge in [0.15, 0.2) is 6.10 Å². The quantitative estimate of drug-likeness (QED) is 0.0352. The third-order valence-corrected chi connectivity index (χ3v) is 11.2. The number of rotatable bonds is 41. The minimum absolute atomic E-state index is 0.0656. The van der Waals surface area contributed by atoms with Crippen LogP contribution in [0.3, 0.4) is 0 Å². The molecule has 3 atom stereocenters. The highest BCUT2D eigenvalue weighted by Gasteiger charge is 2.19. The monoisotopic (exact) mass is 751 g/mol. The van der Waals surface area contributed by atoms with Crippen molar-refractivity contribution in [2.45, 2.75) is 259 Å². The van der Waals surface area contributed by atoms with Gasteiger partial charge in [0, 0.05) is 19.3 Å². The topological polar surface area (TPSA) is 78.9 Å². The van der Waals surface area contributed by atoms with Crippen molar-refractivity contribution in [2.24, 2.45) is 11.8 Å². The number of carbonyl (C=O) groups excluding carboxylic acids is 3. The molecule has 6 heteroatoms. The molecule has 0 saturated heterocycles. The Morgan fingerprint density at radius 3 is 0.981 bits per heavy atom. The van der Waals surface area contributed by atoms with Crippen molar-refractivity contribution in [3.05, 3.63) is 0 Å². The largest absolute Gasteiger partial charge is 0.462 e. The molecule has 0 amide bonds. The second kappa shape index (κ2) is 40.1. The van der Waals surface area contributed by atoms with Crippen molar-refractivity contribution >= 4 is 17.9 Å². The van der Waals surface area contributed by atoms with Crippen LogP contribution in [0.15, 0.2) is 0 Å². The Labute approximate surface area is 329 Å². The molecule has 6 nitrogen and oxygen atoms in total. The second-order valence-corrected chi connectivity index (χ2v) is 16.5. The summed E-state index contributed by atoms with van der Waals surface area (Å²) < 4.78 is 16.7. The molecule has 0 aliphatic rings. The molecule has 0 N–H and O–H groups in total. The molecule has 0 aromatic rings. The summed E-state index contributed by atoms with van der Waals surface area (Å²) in [7, 11) is 0. The zero-order valence-electron chi connectivity index (χ0n) is 36.1. The number of carbonyl (C=O) groups is 3. The van der Waals surface area contributed by atoms with Crippen molar-refractivity contribution < 1.29 is 28.6 Å². The molecular formula is C47H90O6. The molecule has 0 aliphatic carbocycles. The number of esters is 3. The fraction of sp³-hybridized carbons (Fsp3) is 0.936. The van der Waals surface area contributed by atoms with E-state index < -0.39 is 6.10 Å². The van der Waals surface area contributed by atoms with Crippen LogP contribution in [-0.4, -0.2) is 37.2 Å². The maximum atomic E-state index is 12.7. The van der Waals surface area contributed by atoms with Crippen LogP contribution < -0.4 is 0 Å². The Kier molecular flexibility index (Phi) is 38.9. The van der Waals surface area contributed by atoms with Gasteiger partial charge < -0.3 is 14.2 Å². The SMILES string of the molecule is CCCCCCCCCCCCCCCC(=O)OC[C@H](COC(=O)CCCCCCCCCCC(C)CC)OC(=O)CCCCCCCCC(C)CC. The van der Waals surface area contributed by atoms with Crippen molar-refractivity contribution in [3.8, 4) is 0 Å². The van der Waals surface area contributed by atoms with Crippen LogP contribution in [0.1, 0.15) is 253 Å². The van der Waals surface area contributed by atoms with Crippen LogP contribution in [0.25, 0.3) is 0 Å². The predicted molar refractivity (Wildman–Crippen MR) is 224 cm³/mol. The molecule has 314 valence electrons. The van der Waals surface area contributed by atoms with E-state index in [4.69, 9.17) is 14.2 Å². The number of hydrogen-bond acceptors (Lipinski definition) is 6. The first-order chi connectivity index (χ1) is 25.8. The molecular weight excluding hydrogens is 661 g/mol. The first-order valence-corrected chi connectivity index (χ1v) is 23.3. The average Bonchev–Trinajstić information content (AvgIpc) is 3.15. The highest BCUT2D eigenvalue weighted by atomic mass is 16.6. The summed E-state index contributed by atoms with van der Waals surface area (Å²) in [5.41, 5.74) is 0. The van der Waals surface area contributed by atoms with Crippen molar-refractivity contribution in [2.75, 3.05) is 13.2 Å². The molecule has 0 heterocycles. The third kappa shape index (κ3) is 38.5. The molecule has 0 spiro atoms. The zero-order chi connectivity index (χ0) is 39.0. The van der Waals surface area contributed by atoms with Gasteiger partial charge in [-0.15, -0.1) is 0 Å². The maximum Gasteiger partial charge on any atom is 0.306 e. The summed E-state index contributed by atoms with van der Waals surface area (Å²) in [6, 6.07) is 0. The van der Waals surface area contributed by atoms with Crippen molar-refractivity contribution in [3.63, 3.8) is 0 Å². The zero-order valence-corrected chi connectivity index (χ0v) is 36.1. The third-order valence-electron chi connectivity index (χ3n) is 11.2. The van der Waals surface area contributed by atoms with Gasteiger partial charge in [0.2, 0.25) is 0 Å². The van der Waals surface area contributed by atoms with Crippen LogP contribution in [0.2, 0.25) is 0 Å².